The van der Waals surface area contributed by atoms with Gasteiger partial charge in [-0.25, -0.2) is 0 Å². The van der Waals surface area contributed by atoms with Crippen molar-refractivity contribution in [2.24, 2.45) is 5.73 Å². The van der Waals surface area contributed by atoms with E-state index >= 15 is 0 Å². The fraction of sp³-hybridized carbons (Fsp3) is 0.353. The Morgan fingerprint density at radius 1 is 1.43 bits per heavy atom. The van der Waals surface area contributed by atoms with E-state index in [0.29, 0.717) is 13.0 Å². The molecule has 4 heteroatoms. The van der Waals surface area contributed by atoms with Crippen molar-refractivity contribution in [3.63, 3.8) is 0 Å². The van der Waals surface area contributed by atoms with E-state index in [1.165, 1.54) is 0 Å². The molecule has 3 N–H and O–H groups in total. The summed E-state index contributed by atoms with van der Waals surface area (Å²) in [4.78, 5) is 17.4. The molecule has 2 rings (SSSR count). The maximum absolute atomic E-state index is 12.5. The molecule has 1 aromatic heterocycles. The van der Waals surface area contributed by atoms with Crippen LogP contribution in [0.15, 0.2) is 43.1 Å². The SMILES string of the molecule is C=CCN(C(=O)[C@H](N)Cc1c[nH]c2ccccc12)C(C)C. The first kappa shape index (κ1) is 15.3. The molecule has 0 saturated carbocycles. The standard InChI is InChI=1S/C17H23N3O/c1-4-9-20(12(2)3)17(21)15(18)10-13-11-19-16-8-6-5-7-14(13)16/h4-8,11-12,15,19H,1,9-10,18H2,2-3H3/t15-/m1/s1. The number of carbonyl (C=O) groups excluding carboxylic acids is 1. The molecule has 1 heterocycles. The Labute approximate surface area is 125 Å². The van der Waals surface area contributed by atoms with Crippen LogP contribution in [0.5, 0.6) is 0 Å². The number of hydrogen-bond donors (Lipinski definition) is 2. The molecule has 1 aromatic carbocycles. The highest BCUT2D eigenvalue weighted by atomic mass is 16.2. The topological polar surface area (TPSA) is 62.1 Å². The minimum atomic E-state index is -0.536. The smallest absolute Gasteiger partial charge is 0.240 e. The molecule has 0 aliphatic rings. The molecule has 1 atom stereocenters. The molecule has 112 valence electrons. The lowest BCUT2D eigenvalue weighted by molar-refractivity contribution is -0.133. The van der Waals surface area contributed by atoms with Crippen molar-refractivity contribution in [3.05, 3.63) is 48.7 Å². The monoisotopic (exact) mass is 285 g/mol. The Balaban J connectivity index is 2.15. The molecule has 0 aliphatic heterocycles. The molecule has 0 bridgehead atoms. The van der Waals surface area contributed by atoms with Gasteiger partial charge in [0.15, 0.2) is 0 Å². The molecule has 0 fully saturated rings. The van der Waals surface area contributed by atoms with Crippen LogP contribution in [0.1, 0.15) is 19.4 Å². The maximum atomic E-state index is 12.5. The summed E-state index contributed by atoms with van der Waals surface area (Å²) in [6.45, 7) is 8.20. The van der Waals surface area contributed by atoms with Gasteiger partial charge in [0, 0.05) is 29.7 Å². The minimum absolute atomic E-state index is 0.0322. The summed E-state index contributed by atoms with van der Waals surface area (Å²) in [7, 11) is 0. The first-order valence-electron chi connectivity index (χ1n) is 7.26. The number of carbonyl (C=O) groups is 1. The highest BCUT2D eigenvalue weighted by molar-refractivity contribution is 5.86. The number of benzene rings is 1. The second kappa shape index (κ2) is 6.59. The van der Waals surface area contributed by atoms with Gasteiger partial charge in [-0.15, -0.1) is 6.58 Å². The summed E-state index contributed by atoms with van der Waals surface area (Å²) in [5.74, 6) is -0.0322. The summed E-state index contributed by atoms with van der Waals surface area (Å²) < 4.78 is 0. The molecule has 0 aliphatic carbocycles. The lowest BCUT2D eigenvalue weighted by Crippen LogP contribution is -2.47. The van der Waals surface area contributed by atoms with Gasteiger partial charge in [0.05, 0.1) is 6.04 Å². The van der Waals surface area contributed by atoms with Gasteiger partial charge in [-0.2, -0.15) is 0 Å². The molecule has 0 saturated heterocycles. The normalized spacial score (nSPS) is 12.6. The first-order valence-corrected chi connectivity index (χ1v) is 7.26. The van der Waals surface area contributed by atoms with Gasteiger partial charge >= 0.3 is 0 Å². The van der Waals surface area contributed by atoms with Gasteiger partial charge in [-0.1, -0.05) is 24.3 Å². The molecular weight excluding hydrogens is 262 g/mol. The third-order valence-electron chi connectivity index (χ3n) is 3.66. The van der Waals surface area contributed by atoms with Crippen molar-refractivity contribution < 1.29 is 4.79 Å². The van der Waals surface area contributed by atoms with Crippen LogP contribution < -0.4 is 5.73 Å². The highest BCUT2D eigenvalue weighted by Gasteiger charge is 2.23. The number of fused-ring (bicyclic) bond motifs is 1. The van der Waals surface area contributed by atoms with Gasteiger partial charge in [0.2, 0.25) is 5.91 Å². The zero-order valence-corrected chi connectivity index (χ0v) is 12.7. The van der Waals surface area contributed by atoms with Gasteiger partial charge in [-0.3, -0.25) is 4.79 Å². The van der Waals surface area contributed by atoms with Crippen LogP contribution in [-0.4, -0.2) is 34.4 Å². The maximum Gasteiger partial charge on any atom is 0.240 e. The quantitative estimate of drug-likeness (QED) is 0.801. The number of nitrogens with two attached hydrogens (primary N) is 1. The first-order chi connectivity index (χ1) is 10.0. The van der Waals surface area contributed by atoms with E-state index in [1.807, 2.05) is 44.3 Å². The van der Waals surface area contributed by atoms with Crippen molar-refractivity contribution >= 4 is 16.8 Å². The molecule has 0 spiro atoms. The van der Waals surface area contributed by atoms with Crippen LogP contribution in [0, 0.1) is 0 Å². The Hall–Kier alpha value is -2.07. The number of aromatic amines is 1. The second-order valence-electron chi connectivity index (χ2n) is 5.54. The van der Waals surface area contributed by atoms with Crippen molar-refractivity contribution in [2.45, 2.75) is 32.4 Å². The Morgan fingerprint density at radius 3 is 2.81 bits per heavy atom. The molecule has 1 amide bonds. The second-order valence-corrected chi connectivity index (χ2v) is 5.54. The summed E-state index contributed by atoms with van der Waals surface area (Å²) in [5.41, 5.74) is 8.28. The summed E-state index contributed by atoms with van der Waals surface area (Å²) in [5, 5.41) is 1.13. The molecule has 21 heavy (non-hydrogen) atoms. The number of nitrogens with zero attached hydrogens (tertiary/aromatic N) is 1. The highest BCUT2D eigenvalue weighted by Crippen LogP contribution is 2.19. The number of hydrogen-bond acceptors (Lipinski definition) is 2. The molecule has 4 nitrogen and oxygen atoms in total. The van der Waals surface area contributed by atoms with E-state index in [-0.39, 0.29) is 11.9 Å². The lowest BCUT2D eigenvalue weighted by atomic mass is 10.0. The number of H-pyrrole nitrogens is 1. The van der Waals surface area contributed by atoms with Crippen LogP contribution in [0.3, 0.4) is 0 Å². The fourth-order valence-corrected chi connectivity index (χ4v) is 2.53. The molecule has 2 aromatic rings. The van der Waals surface area contributed by atoms with E-state index in [9.17, 15) is 4.79 Å². The van der Waals surface area contributed by atoms with Crippen molar-refractivity contribution in [1.82, 2.24) is 9.88 Å². The Morgan fingerprint density at radius 2 is 2.14 bits per heavy atom. The van der Waals surface area contributed by atoms with E-state index < -0.39 is 6.04 Å². The van der Waals surface area contributed by atoms with E-state index in [0.717, 1.165) is 16.5 Å². The van der Waals surface area contributed by atoms with Gasteiger partial charge in [0.1, 0.15) is 0 Å². The van der Waals surface area contributed by atoms with Gasteiger partial charge in [-0.05, 0) is 31.9 Å². The van der Waals surface area contributed by atoms with E-state index in [2.05, 4.69) is 11.6 Å². The average Bonchev–Trinajstić information content (AvgIpc) is 2.87. The predicted molar refractivity (Wildman–Crippen MR) is 87.0 cm³/mol. The number of aromatic nitrogens is 1. The van der Waals surface area contributed by atoms with Gasteiger partial charge in [0.25, 0.3) is 0 Å². The predicted octanol–water partition coefficient (Wildman–Crippen LogP) is 2.46. The van der Waals surface area contributed by atoms with Crippen LogP contribution >= 0.6 is 0 Å². The van der Waals surface area contributed by atoms with Crippen molar-refractivity contribution in [2.75, 3.05) is 6.54 Å². The number of nitrogens with one attached hydrogen (secondary N) is 1. The molecule has 0 unspecified atom stereocenters. The Bertz CT molecular complexity index is 630. The van der Waals surface area contributed by atoms with E-state index in [1.54, 1.807) is 11.0 Å². The number of amides is 1. The van der Waals surface area contributed by atoms with Crippen molar-refractivity contribution in [3.8, 4) is 0 Å². The van der Waals surface area contributed by atoms with E-state index in [4.69, 9.17) is 5.73 Å². The zero-order valence-electron chi connectivity index (χ0n) is 12.7. The lowest BCUT2D eigenvalue weighted by Gasteiger charge is -2.28. The minimum Gasteiger partial charge on any atom is -0.361 e. The Kier molecular flexibility index (Phi) is 4.81. The number of para-hydroxylation sites is 1. The summed E-state index contributed by atoms with van der Waals surface area (Å²) in [6.07, 6.45) is 4.20. The zero-order chi connectivity index (χ0) is 15.4. The largest absolute Gasteiger partial charge is 0.361 e. The molecule has 0 radical (unpaired) electrons. The molecular formula is C17H23N3O. The number of rotatable bonds is 6. The summed E-state index contributed by atoms with van der Waals surface area (Å²) in [6, 6.07) is 7.62. The summed E-state index contributed by atoms with van der Waals surface area (Å²) >= 11 is 0. The fourth-order valence-electron chi connectivity index (χ4n) is 2.53. The van der Waals surface area contributed by atoms with Gasteiger partial charge < -0.3 is 15.6 Å². The van der Waals surface area contributed by atoms with Crippen molar-refractivity contribution in [1.29, 1.82) is 0 Å². The third-order valence-corrected chi connectivity index (χ3v) is 3.66. The van der Waals surface area contributed by atoms with Crippen LogP contribution in [0.2, 0.25) is 0 Å². The van der Waals surface area contributed by atoms with Crippen LogP contribution in [0.25, 0.3) is 10.9 Å². The third kappa shape index (κ3) is 3.34. The van der Waals surface area contributed by atoms with Crippen LogP contribution in [0.4, 0.5) is 0 Å². The van der Waals surface area contributed by atoms with Crippen LogP contribution in [-0.2, 0) is 11.2 Å². The average molecular weight is 285 g/mol.